The first kappa shape index (κ1) is 15.2. The molecule has 0 radical (unpaired) electrons. The molecule has 0 aliphatic heterocycles. The van der Waals surface area contributed by atoms with Crippen LogP contribution in [0.3, 0.4) is 0 Å². The van der Waals surface area contributed by atoms with E-state index in [1.165, 1.54) is 0 Å². The van der Waals surface area contributed by atoms with Gasteiger partial charge in [-0.05, 0) is 46.7 Å². The minimum atomic E-state index is -0.347. The summed E-state index contributed by atoms with van der Waals surface area (Å²) in [5.74, 6) is 0.543. The van der Waals surface area contributed by atoms with Crippen LogP contribution in [0.25, 0.3) is 10.8 Å². The van der Waals surface area contributed by atoms with E-state index in [9.17, 15) is 4.79 Å². The molecule has 3 aromatic carbocycles. The molecule has 4 rings (SSSR count). The Morgan fingerprint density at radius 1 is 0.880 bits per heavy atom. The van der Waals surface area contributed by atoms with Crippen molar-refractivity contribution in [1.82, 2.24) is 0 Å². The van der Waals surface area contributed by atoms with E-state index in [4.69, 9.17) is 10.5 Å². The third-order valence-electron chi connectivity index (χ3n) is 4.34. The van der Waals surface area contributed by atoms with Crippen molar-refractivity contribution in [2.45, 2.75) is 5.92 Å². The van der Waals surface area contributed by atoms with Crippen LogP contribution in [-0.2, 0) is 4.79 Å². The summed E-state index contributed by atoms with van der Waals surface area (Å²) in [6.45, 7) is 0. The van der Waals surface area contributed by atoms with E-state index < -0.39 is 0 Å². The van der Waals surface area contributed by atoms with E-state index in [1.807, 2.05) is 42.5 Å². The van der Waals surface area contributed by atoms with E-state index in [2.05, 4.69) is 12.1 Å². The Morgan fingerprint density at radius 2 is 1.64 bits per heavy atom. The number of nitrogen functional groups attached to an aromatic ring is 1. The van der Waals surface area contributed by atoms with Gasteiger partial charge in [-0.2, -0.15) is 0 Å². The van der Waals surface area contributed by atoms with Crippen molar-refractivity contribution in [2.75, 3.05) is 5.73 Å². The Hall–Kier alpha value is -3.33. The number of carbonyl (C=O) groups is 1. The van der Waals surface area contributed by atoms with Crippen molar-refractivity contribution in [1.29, 1.82) is 0 Å². The van der Waals surface area contributed by atoms with Gasteiger partial charge in [0, 0.05) is 5.69 Å². The number of carbonyl (C=O) groups excluding carboxylic acids is 1. The number of allylic oxidation sites excluding steroid dienone is 4. The number of fused-ring (bicyclic) bond motifs is 1. The molecule has 0 fully saturated rings. The fourth-order valence-corrected chi connectivity index (χ4v) is 3.09. The van der Waals surface area contributed by atoms with Gasteiger partial charge in [-0.1, -0.05) is 54.6 Å². The minimum Gasteiger partial charge on any atom is -0.454 e. The molecule has 0 saturated heterocycles. The fraction of sp³-hybridized carbons (Fsp3) is 0.0455. The van der Waals surface area contributed by atoms with Crippen LogP contribution in [0.15, 0.2) is 90.7 Å². The summed E-state index contributed by atoms with van der Waals surface area (Å²) < 4.78 is 5.79. The van der Waals surface area contributed by atoms with E-state index in [-0.39, 0.29) is 11.7 Å². The van der Waals surface area contributed by atoms with Crippen molar-refractivity contribution in [3.63, 3.8) is 0 Å². The van der Waals surface area contributed by atoms with Crippen molar-refractivity contribution in [3.8, 4) is 5.75 Å². The lowest BCUT2D eigenvalue weighted by atomic mass is 9.87. The number of ketones is 1. The lowest BCUT2D eigenvalue weighted by Gasteiger charge is -2.19. The fourth-order valence-electron chi connectivity index (χ4n) is 3.09. The second-order valence-corrected chi connectivity index (χ2v) is 6.00. The topological polar surface area (TPSA) is 52.3 Å². The molecular weight excluding hydrogens is 310 g/mol. The van der Waals surface area contributed by atoms with Gasteiger partial charge in [0.15, 0.2) is 5.76 Å². The summed E-state index contributed by atoms with van der Waals surface area (Å²) >= 11 is 0. The number of ether oxygens (including phenoxy) is 1. The number of Topliss-reactive ketones (excluding diaryl/α,β-unsaturated/α-hetero) is 1. The second kappa shape index (κ2) is 6.29. The quantitative estimate of drug-likeness (QED) is 0.715. The zero-order valence-corrected chi connectivity index (χ0v) is 13.6. The Labute approximate surface area is 146 Å². The number of nitrogens with two attached hydrogens (primary N) is 1. The summed E-state index contributed by atoms with van der Waals surface area (Å²) in [4.78, 5) is 13.0. The first-order valence-corrected chi connectivity index (χ1v) is 8.16. The van der Waals surface area contributed by atoms with Crippen LogP contribution in [0.4, 0.5) is 5.69 Å². The second-order valence-electron chi connectivity index (χ2n) is 6.00. The van der Waals surface area contributed by atoms with Crippen LogP contribution in [0.2, 0.25) is 0 Å². The summed E-state index contributed by atoms with van der Waals surface area (Å²) in [5.41, 5.74) is 7.34. The van der Waals surface area contributed by atoms with Gasteiger partial charge in [-0.3, -0.25) is 4.79 Å². The monoisotopic (exact) mass is 327 g/mol. The summed E-state index contributed by atoms with van der Waals surface area (Å²) in [6.07, 6.45) is 5.50. The molecule has 0 saturated carbocycles. The van der Waals surface area contributed by atoms with Gasteiger partial charge in [0.1, 0.15) is 5.75 Å². The molecule has 1 unspecified atom stereocenters. The van der Waals surface area contributed by atoms with Crippen molar-refractivity contribution in [3.05, 3.63) is 96.3 Å². The largest absolute Gasteiger partial charge is 0.454 e. The molecular formula is C22H17NO2. The minimum absolute atomic E-state index is 0.0457. The molecule has 3 heteroatoms. The normalized spacial score (nSPS) is 16.7. The molecule has 3 aromatic rings. The highest BCUT2D eigenvalue weighted by atomic mass is 16.5. The highest BCUT2D eigenvalue weighted by Gasteiger charge is 2.26. The first-order valence-electron chi connectivity index (χ1n) is 8.16. The van der Waals surface area contributed by atoms with Gasteiger partial charge in [0.25, 0.3) is 0 Å². The van der Waals surface area contributed by atoms with Crippen LogP contribution >= 0.6 is 0 Å². The maximum Gasteiger partial charge on any atom is 0.209 e. The van der Waals surface area contributed by atoms with E-state index in [1.54, 1.807) is 30.3 Å². The molecule has 0 heterocycles. The van der Waals surface area contributed by atoms with Gasteiger partial charge < -0.3 is 10.5 Å². The number of rotatable bonds is 3. The zero-order valence-electron chi connectivity index (χ0n) is 13.6. The van der Waals surface area contributed by atoms with Gasteiger partial charge in [0.05, 0.1) is 5.92 Å². The molecule has 1 aliphatic carbocycles. The van der Waals surface area contributed by atoms with E-state index in [0.717, 1.165) is 16.3 Å². The SMILES string of the molecule is Nc1ccc(OC2=CC=CC(c3cccc4ccccc34)C2=O)cc1. The van der Waals surface area contributed by atoms with E-state index in [0.29, 0.717) is 17.2 Å². The van der Waals surface area contributed by atoms with Gasteiger partial charge in [-0.15, -0.1) is 0 Å². The predicted octanol–water partition coefficient (Wildman–Crippen LogP) is 4.61. The molecule has 3 nitrogen and oxygen atoms in total. The molecule has 122 valence electrons. The Balaban J connectivity index is 1.66. The Bertz CT molecular complexity index is 995. The molecule has 0 spiro atoms. The molecule has 2 N–H and O–H groups in total. The lowest BCUT2D eigenvalue weighted by Crippen LogP contribution is -2.19. The van der Waals surface area contributed by atoms with Gasteiger partial charge >= 0.3 is 0 Å². The van der Waals surface area contributed by atoms with E-state index >= 15 is 0 Å². The van der Waals surface area contributed by atoms with Gasteiger partial charge in [-0.25, -0.2) is 0 Å². The molecule has 1 atom stereocenters. The molecule has 0 amide bonds. The van der Waals surface area contributed by atoms with Crippen molar-refractivity contribution in [2.24, 2.45) is 0 Å². The van der Waals surface area contributed by atoms with Gasteiger partial charge in [0.2, 0.25) is 5.78 Å². The molecule has 0 aromatic heterocycles. The molecule has 25 heavy (non-hydrogen) atoms. The lowest BCUT2D eigenvalue weighted by molar-refractivity contribution is -0.118. The average Bonchev–Trinajstić information content (AvgIpc) is 2.65. The highest BCUT2D eigenvalue weighted by Crippen LogP contribution is 2.32. The standard InChI is InChI=1S/C22H17NO2/c23-16-11-13-17(14-12-16)25-21-10-4-9-20(22(21)24)19-8-3-6-15-5-1-2-7-18(15)19/h1-14,20H,23H2. The third-order valence-corrected chi connectivity index (χ3v) is 4.34. The highest BCUT2D eigenvalue weighted by molar-refractivity contribution is 6.04. The molecule has 1 aliphatic rings. The summed E-state index contributed by atoms with van der Waals surface area (Å²) in [6, 6.07) is 21.1. The maximum atomic E-state index is 13.0. The predicted molar refractivity (Wildman–Crippen MR) is 100 cm³/mol. The first-order chi connectivity index (χ1) is 12.2. The zero-order chi connectivity index (χ0) is 17.2. The number of hydrogen-bond acceptors (Lipinski definition) is 3. The van der Waals surface area contributed by atoms with Crippen molar-refractivity contribution < 1.29 is 9.53 Å². The average molecular weight is 327 g/mol. The number of anilines is 1. The smallest absolute Gasteiger partial charge is 0.209 e. The van der Waals surface area contributed by atoms with Crippen LogP contribution < -0.4 is 10.5 Å². The van der Waals surface area contributed by atoms with Crippen LogP contribution in [0, 0.1) is 0 Å². The Morgan fingerprint density at radius 3 is 2.48 bits per heavy atom. The van der Waals surface area contributed by atoms with Crippen LogP contribution in [0.1, 0.15) is 11.5 Å². The Kier molecular flexibility index (Phi) is 3.82. The molecule has 0 bridgehead atoms. The van der Waals surface area contributed by atoms with Crippen LogP contribution in [0.5, 0.6) is 5.75 Å². The van der Waals surface area contributed by atoms with Crippen LogP contribution in [-0.4, -0.2) is 5.78 Å². The van der Waals surface area contributed by atoms with Crippen molar-refractivity contribution >= 4 is 22.2 Å². The summed E-state index contributed by atoms with van der Waals surface area (Å²) in [5, 5.41) is 2.21. The third kappa shape index (κ3) is 2.92. The maximum absolute atomic E-state index is 13.0. The number of hydrogen-bond donors (Lipinski definition) is 1. The number of benzene rings is 3. The summed E-state index contributed by atoms with van der Waals surface area (Å²) in [7, 11) is 0.